The Morgan fingerprint density at radius 1 is 1.12 bits per heavy atom. The highest BCUT2D eigenvalue weighted by molar-refractivity contribution is 5.91. The predicted molar refractivity (Wildman–Crippen MR) is 96.6 cm³/mol. The molecule has 1 unspecified atom stereocenters. The molecule has 2 heterocycles. The van der Waals surface area contributed by atoms with Gasteiger partial charge in [-0.05, 0) is 43.9 Å². The molecule has 25 heavy (non-hydrogen) atoms. The number of carbonyl (C=O) groups is 2. The second-order valence-corrected chi connectivity index (χ2v) is 6.90. The maximum atomic E-state index is 12.7. The van der Waals surface area contributed by atoms with Gasteiger partial charge in [0.25, 0.3) is 0 Å². The quantitative estimate of drug-likeness (QED) is 0.895. The van der Waals surface area contributed by atoms with Gasteiger partial charge in [0, 0.05) is 31.9 Å². The molecule has 0 bridgehead atoms. The van der Waals surface area contributed by atoms with E-state index in [9.17, 15) is 9.59 Å². The predicted octanol–water partition coefficient (Wildman–Crippen LogP) is 2.41. The molecule has 0 saturated carbocycles. The first-order valence-corrected chi connectivity index (χ1v) is 9.05. The summed E-state index contributed by atoms with van der Waals surface area (Å²) in [5.74, 6) is 0.0590. The maximum absolute atomic E-state index is 12.7. The number of piperidine rings is 1. The molecule has 0 aliphatic carbocycles. The van der Waals surface area contributed by atoms with Crippen LogP contribution in [0.15, 0.2) is 18.2 Å². The Balaban J connectivity index is 1.61. The van der Waals surface area contributed by atoms with Crippen LogP contribution < -0.4 is 5.32 Å². The number of nitrogens with one attached hydrogen (secondary N) is 1. The van der Waals surface area contributed by atoms with Crippen molar-refractivity contribution < 1.29 is 14.3 Å². The molecule has 3 amide bonds. The number of morpholine rings is 1. The van der Waals surface area contributed by atoms with E-state index in [0.717, 1.165) is 29.7 Å². The largest absolute Gasteiger partial charge is 0.378 e. The van der Waals surface area contributed by atoms with Gasteiger partial charge in [-0.15, -0.1) is 0 Å². The lowest BCUT2D eigenvalue weighted by Gasteiger charge is -2.36. The van der Waals surface area contributed by atoms with Crippen molar-refractivity contribution in [3.05, 3.63) is 29.3 Å². The highest BCUT2D eigenvalue weighted by Gasteiger charge is 2.32. The van der Waals surface area contributed by atoms with Crippen molar-refractivity contribution in [2.45, 2.75) is 26.7 Å². The van der Waals surface area contributed by atoms with Gasteiger partial charge in [-0.25, -0.2) is 4.79 Å². The van der Waals surface area contributed by atoms with Crippen molar-refractivity contribution >= 4 is 17.6 Å². The van der Waals surface area contributed by atoms with Crippen LogP contribution in [0.4, 0.5) is 10.5 Å². The molecule has 0 aromatic heterocycles. The Kier molecular flexibility index (Phi) is 5.58. The summed E-state index contributed by atoms with van der Waals surface area (Å²) in [6, 6.07) is 5.77. The SMILES string of the molecule is Cc1cccc(NC(=O)N2CCCC(C(=O)N3CCOCC3)C2)c1C. The van der Waals surface area contributed by atoms with Crippen molar-refractivity contribution in [3.8, 4) is 0 Å². The third-order valence-electron chi connectivity index (χ3n) is 5.23. The molecule has 6 nitrogen and oxygen atoms in total. The molecular weight excluding hydrogens is 318 g/mol. The molecule has 2 saturated heterocycles. The van der Waals surface area contributed by atoms with Crippen molar-refractivity contribution in [2.75, 3.05) is 44.7 Å². The fourth-order valence-electron chi connectivity index (χ4n) is 3.49. The number of aryl methyl sites for hydroxylation is 1. The maximum Gasteiger partial charge on any atom is 0.321 e. The van der Waals surface area contributed by atoms with Crippen LogP contribution in [0, 0.1) is 19.8 Å². The van der Waals surface area contributed by atoms with Crippen LogP contribution in [0.3, 0.4) is 0 Å². The van der Waals surface area contributed by atoms with Gasteiger partial charge < -0.3 is 19.9 Å². The summed E-state index contributed by atoms with van der Waals surface area (Å²) in [6.45, 7) is 7.75. The molecule has 1 aromatic carbocycles. The summed E-state index contributed by atoms with van der Waals surface area (Å²) < 4.78 is 5.32. The van der Waals surface area contributed by atoms with Crippen LogP contribution in [-0.4, -0.2) is 61.1 Å². The molecule has 6 heteroatoms. The van der Waals surface area contributed by atoms with Crippen LogP contribution >= 0.6 is 0 Å². The van der Waals surface area contributed by atoms with Gasteiger partial charge in [-0.1, -0.05) is 12.1 Å². The zero-order valence-corrected chi connectivity index (χ0v) is 15.1. The Bertz CT molecular complexity index is 641. The second kappa shape index (κ2) is 7.87. The van der Waals surface area contributed by atoms with Crippen molar-refractivity contribution in [1.82, 2.24) is 9.80 Å². The highest BCUT2D eigenvalue weighted by atomic mass is 16.5. The van der Waals surface area contributed by atoms with E-state index in [0.29, 0.717) is 39.4 Å². The van der Waals surface area contributed by atoms with Crippen molar-refractivity contribution in [3.63, 3.8) is 0 Å². The highest BCUT2D eigenvalue weighted by Crippen LogP contribution is 2.22. The molecule has 2 aliphatic rings. The van der Waals surface area contributed by atoms with E-state index < -0.39 is 0 Å². The number of hydrogen-bond acceptors (Lipinski definition) is 3. The lowest BCUT2D eigenvalue weighted by molar-refractivity contribution is -0.141. The Morgan fingerprint density at radius 2 is 1.88 bits per heavy atom. The third-order valence-corrected chi connectivity index (χ3v) is 5.23. The molecule has 1 N–H and O–H groups in total. The first-order chi connectivity index (χ1) is 12.1. The monoisotopic (exact) mass is 345 g/mol. The normalized spacial score (nSPS) is 21.1. The summed E-state index contributed by atoms with van der Waals surface area (Å²) in [7, 11) is 0. The molecule has 136 valence electrons. The van der Waals surface area contributed by atoms with E-state index in [1.807, 2.05) is 36.9 Å². The van der Waals surface area contributed by atoms with E-state index in [1.54, 1.807) is 4.90 Å². The lowest BCUT2D eigenvalue weighted by Crippen LogP contribution is -2.50. The zero-order valence-electron chi connectivity index (χ0n) is 15.1. The summed E-state index contributed by atoms with van der Waals surface area (Å²) in [5.41, 5.74) is 3.07. The number of benzene rings is 1. The molecule has 0 radical (unpaired) electrons. The minimum atomic E-state index is -0.117. The molecule has 3 rings (SSSR count). The first kappa shape index (κ1) is 17.7. The number of amides is 3. The van der Waals surface area contributed by atoms with E-state index in [4.69, 9.17) is 4.74 Å². The van der Waals surface area contributed by atoms with Gasteiger partial charge >= 0.3 is 6.03 Å². The van der Waals surface area contributed by atoms with Crippen LogP contribution in [0.25, 0.3) is 0 Å². The van der Waals surface area contributed by atoms with Crippen LogP contribution in [0.1, 0.15) is 24.0 Å². The van der Waals surface area contributed by atoms with E-state index in [-0.39, 0.29) is 17.9 Å². The first-order valence-electron chi connectivity index (χ1n) is 9.05. The summed E-state index contributed by atoms with van der Waals surface area (Å²) >= 11 is 0. The molecular formula is C19H27N3O3. The van der Waals surface area contributed by atoms with Crippen LogP contribution in [0.2, 0.25) is 0 Å². The van der Waals surface area contributed by atoms with Gasteiger partial charge in [-0.3, -0.25) is 4.79 Å². The number of rotatable bonds is 2. The number of likely N-dealkylation sites (tertiary alicyclic amines) is 1. The standard InChI is InChI=1S/C19H27N3O3/c1-14-5-3-7-17(15(14)2)20-19(24)22-8-4-6-16(13-22)18(23)21-9-11-25-12-10-21/h3,5,7,16H,4,6,8-13H2,1-2H3,(H,20,24). The Hall–Kier alpha value is -2.08. The van der Waals surface area contributed by atoms with Crippen molar-refractivity contribution in [2.24, 2.45) is 5.92 Å². The van der Waals surface area contributed by atoms with Gasteiger partial charge in [0.05, 0.1) is 19.1 Å². The Morgan fingerprint density at radius 3 is 2.64 bits per heavy atom. The van der Waals surface area contributed by atoms with Gasteiger partial charge in [0.15, 0.2) is 0 Å². The van der Waals surface area contributed by atoms with Gasteiger partial charge in [0.1, 0.15) is 0 Å². The van der Waals surface area contributed by atoms with E-state index in [1.165, 1.54) is 0 Å². The Labute approximate surface area is 149 Å². The van der Waals surface area contributed by atoms with E-state index >= 15 is 0 Å². The smallest absolute Gasteiger partial charge is 0.321 e. The van der Waals surface area contributed by atoms with Gasteiger partial charge in [0.2, 0.25) is 5.91 Å². The lowest BCUT2D eigenvalue weighted by atomic mass is 9.96. The van der Waals surface area contributed by atoms with Crippen molar-refractivity contribution in [1.29, 1.82) is 0 Å². The van der Waals surface area contributed by atoms with Crippen LogP contribution in [-0.2, 0) is 9.53 Å². The third kappa shape index (κ3) is 4.12. The van der Waals surface area contributed by atoms with Crippen LogP contribution in [0.5, 0.6) is 0 Å². The minimum absolute atomic E-state index is 0.101. The fourth-order valence-corrected chi connectivity index (χ4v) is 3.49. The fraction of sp³-hybridized carbons (Fsp3) is 0.579. The number of urea groups is 1. The molecule has 0 spiro atoms. The average Bonchev–Trinajstić information content (AvgIpc) is 2.65. The number of nitrogens with zero attached hydrogens (tertiary/aromatic N) is 2. The topological polar surface area (TPSA) is 61.9 Å². The number of hydrogen-bond donors (Lipinski definition) is 1. The number of ether oxygens (including phenoxy) is 1. The molecule has 2 aliphatic heterocycles. The number of carbonyl (C=O) groups excluding carboxylic acids is 2. The summed E-state index contributed by atoms with van der Waals surface area (Å²) in [5, 5.41) is 3.00. The molecule has 2 fully saturated rings. The second-order valence-electron chi connectivity index (χ2n) is 6.90. The zero-order chi connectivity index (χ0) is 17.8. The average molecular weight is 345 g/mol. The number of anilines is 1. The molecule has 1 aromatic rings. The minimum Gasteiger partial charge on any atom is -0.378 e. The van der Waals surface area contributed by atoms with Gasteiger partial charge in [-0.2, -0.15) is 0 Å². The summed E-state index contributed by atoms with van der Waals surface area (Å²) in [4.78, 5) is 29.0. The summed E-state index contributed by atoms with van der Waals surface area (Å²) in [6.07, 6.45) is 1.71. The van der Waals surface area contributed by atoms with E-state index in [2.05, 4.69) is 5.32 Å². The molecule has 1 atom stereocenters.